The van der Waals surface area contributed by atoms with Gasteiger partial charge in [0.05, 0.1) is 12.0 Å². The second-order valence-corrected chi connectivity index (χ2v) is 9.49. The first kappa shape index (κ1) is 29.4. The fraction of sp³-hybridized carbons (Fsp3) is 0.310. The SMILES string of the molecule is CC[C@H](C)NC(=O)[C@@H](Cc1ccccc1)N(Cc1ccc(Cl)cc1)C(=O)COc1ccc([N+](=O)[O-])c(OC)c1. The number of carbonyl (C=O) groups is 2. The zero-order valence-electron chi connectivity index (χ0n) is 22.1. The third kappa shape index (κ3) is 8.44. The summed E-state index contributed by atoms with van der Waals surface area (Å²) >= 11 is 6.06. The standard InChI is InChI=1S/C29H32ClN3O6/c1-4-20(2)31-29(35)26(16-21-8-6-5-7-9-21)32(18-22-10-12-23(30)13-11-22)28(34)19-39-24-14-15-25(33(36)37)27(17-24)38-3/h5-15,17,20,26H,4,16,18-19H2,1-3H3,(H,31,35)/t20-,26+/m0/s1. The quantitative estimate of drug-likeness (QED) is 0.230. The molecule has 0 aliphatic carbocycles. The number of halogens is 1. The number of methoxy groups -OCH3 is 1. The number of amides is 2. The number of carbonyl (C=O) groups excluding carboxylic acids is 2. The van der Waals surface area contributed by atoms with Crippen molar-refractivity contribution in [3.05, 3.63) is 99.1 Å². The van der Waals surface area contributed by atoms with Gasteiger partial charge in [-0.05, 0) is 42.7 Å². The van der Waals surface area contributed by atoms with Crippen molar-refractivity contribution in [2.45, 2.75) is 45.3 Å². The van der Waals surface area contributed by atoms with E-state index in [0.717, 1.165) is 17.5 Å². The summed E-state index contributed by atoms with van der Waals surface area (Å²) in [6, 6.07) is 19.6. The van der Waals surface area contributed by atoms with Crippen molar-refractivity contribution in [1.29, 1.82) is 0 Å². The van der Waals surface area contributed by atoms with Gasteiger partial charge in [-0.25, -0.2) is 0 Å². The van der Waals surface area contributed by atoms with Gasteiger partial charge in [-0.2, -0.15) is 0 Å². The molecule has 39 heavy (non-hydrogen) atoms. The molecule has 0 saturated heterocycles. The first-order chi connectivity index (χ1) is 18.7. The molecule has 10 heteroatoms. The molecule has 206 valence electrons. The van der Waals surface area contributed by atoms with E-state index in [-0.39, 0.29) is 35.7 Å². The van der Waals surface area contributed by atoms with Gasteiger partial charge < -0.3 is 19.7 Å². The highest BCUT2D eigenvalue weighted by Crippen LogP contribution is 2.31. The summed E-state index contributed by atoms with van der Waals surface area (Å²) < 4.78 is 10.8. The highest BCUT2D eigenvalue weighted by molar-refractivity contribution is 6.30. The lowest BCUT2D eigenvalue weighted by Gasteiger charge is -2.32. The summed E-state index contributed by atoms with van der Waals surface area (Å²) in [7, 11) is 1.31. The molecule has 0 radical (unpaired) electrons. The van der Waals surface area contributed by atoms with Gasteiger partial charge in [-0.15, -0.1) is 0 Å². The monoisotopic (exact) mass is 553 g/mol. The second-order valence-electron chi connectivity index (χ2n) is 9.05. The molecule has 1 N–H and O–H groups in total. The van der Waals surface area contributed by atoms with Gasteiger partial charge >= 0.3 is 5.69 Å². The largest absolute Gasteiger partial charge is 0.490 e. The lowest BCUT2D eigenvalue weighted by molar-refractivity contribution is -0.385. The van der Waals surface area contributed by atoms with E-state index in [1.165, 1.54) is 30.2 Å². The molecule has 0 fully saturated rings. The molecule has 3 aromatic rings. The maximum Gasteiger partial charge on any atom is 0.311 e. The number of nitro groups is 1. The van der Waals surface area contributed by atoms with Crippen molar-refractivity contribution in [3.63, 3.8) is 0 Å². The summed E-state index contributed by atoms with van der Waals surface area (Å²) in [6.07, 6.45) is 1.04. The van der Waals surface area contributed by atoms with Crippen LogP contribution in [0, 0.1) is 10.1 Å². The van der Waals surface area contributed by atoms with Crippen molar-refractivity contribution >= 4 is 29.1 Å². The Balaban J connectivity index is 1.91. The molecule has 0 saturated carbocycles. The zero-order chi connectivity index (χ0) is 28.4. The van der Waals surface area contributed by atoms with Crippen LogP contribution in [0.2, 0.25) is 5.02 Å². The normalized spacial score (nSPS) is 12.2. The van der Waals surface area contributed by atoms with Crippen LogP contribution in [-0.4, -0.2) is 47.4 Å². The minimum Gasteiger partial charge on any atom is -0.490 e. The van der Waals surface area contributed by atoms with Gasteiger partial charge in [0.25, 0.3) is 5.91 Å². The van der Waals surface area contributed by atoms with E-state index in [0.29, 0.717) is 11.4 Å². The summed E-state index contributed by atoms with van der Waals surface area (Å²) in [5.41, 5.74) is 1.47. The maximum atomic E-state index is 13.7. The number of hydrogen-bond acceptors (Lipinski definition) is 6. The van der Waals surface area contributed by atoms with E-state index < -0.39 is 23.5 Å². The van der Waals surface area contributed by atoms with Gasteiger partial charge in [0.1, 0.15) is 11.8 Å². The van der Waals surface area contributed by atoms with E-state index in [1.807, 2.05) is 44.2 Å². The van der Waals surface area contributed by atoms with Gasteiger partial charge in [0.2, 0.25) is 11.7 Å². The van der Waals surface area contributed by atoms with E-state index in [9.17, 15) is 19.7 Å². The molecule has 0 aliphatic heterocycles. The van der Waals surface area contributed by atoms with Crippen LogP contribution in [0.5, 0.6) is 11.5 Å². The van der Waals surface area contributed by atoms with Crippen LogP contribution in [0.15, 0.2) is 72.8 Å². The first-order valence-corrected chi connectivity index (χ1v) is 12.9. The van der Waals surface area contributed by atoms with Crippen LogP contribution in [-0.2, 0) is 22.6 Å². The zero-order valence-corrected chi connectivity index (χ0v) is 22.9. The smallest absolute Gasteiger partial charge is 0.311 e. The molecule has 3 rings (SSSR count). The van der Waals surface area contributed by atoms with E-state index in [1.54, 1.807) is 24.3 Å². The third-order valence-electron chi connectivity index (χ3n) is 6.25. The molecule has 2 amide bonds. The highest BCUT2D eigenvalue weighted by atomic mass is 35.5. The maximum absolute atomic E-state index is 13.7. The fourth-order valence-electron chi connectivity index (χ4n) is 3.91. The number of rotatable bonds is 13. The number of nitrogens with one attached hydrogen (secondary N) is 1. The fourth-order valence-corrected chi connectivity index (χ4v) is 4.03. The summed E-state index contributed by atoms with van der Waals surface area (Å²) in [5, 5.41) is 14.8. The Labute approximate surface area is 232 Å². The van der Waals surface area contributed by atoms with Crippen LogP contribution in [0.3, 0.4) is 0 Å². The Morgan fingerprint density at radius 1 is 1.05 bits per heavy atom. The molecule has 0 heterocycles. The highest BCUT2D eigenvalue weighted by Gasteiger charge is 2.31. The Bertz CT molecular complexity index is 1270. The number of nitro benzene ring substituents is 1. The van der Waals surface area contributed by atoms with Crippen LogP contribution >= 0.6 is 11.6 Å². The molecule has 0 aliphatic rings. The molecule has 0 unspecified atom stereocenters. The number of nitrogens with zero attached hydrogens (tertiary/aromatic N) is 2. The topological polar surface area (TPSA) is 111 Å². The number of benzene rings is 3. The van der Waals surface area contributed by atoms with Crippen molar-refractivity contribution < 1.29 is 24.0 Å². The lowest BCUT2D eigenvalue weighted by Crippen LogP contribution is -2.53. The summed E-state index contributed by atoms with van der Waals surface area (Å²) in [6.45, 7) is 3.64. The molecular weight excluding hydrogens is 522 g/mol. The van der Waals surface area contributed by atoms with Crippen LogP contribution in [0.1, 0.15) is 31.4 Å². The minimum atomic E-state index is -0.820. The van der Waals surface area contributed by atoms with Crippen LogP contribution in [0.25, 0.3) is 0 Å². The minimum absolute atomic E-state index is 0.0119. The Morgan fingerprint density at radius 3 is 2.36 bits per heavy atom. The van der Waals surface area contributed by atoms with E-state index in [2.05, 4.69) is 5.32 Å². The molecule has 0 spiro atoms. The predicted molar refractivity (Wildman–Crippen MR) is 149 cm³/mol. The van der Waals surface area contributed by atoms with Gasteiger partial charge in [0.15, 0.2) is 6.61 Å². The van der Waals surface area contributed by atoms with Crippen molar-refractivity contribution in [2.75, 3.05) is 13.7 Å². The molecular formula is C29H32ClN3O6. The van der Waals surface area contributed by atoms with Crippen LogP contribution in [0.4, 0.5) is 5.69 Å². The Hall–Kier alpha value is -4.11. The van der Waals surface area contributed by atoms with Crippen molar-refractivity contribution in [1.82, 2.24) is 10.2 Å². The molecule has 3 aromatic carbocycles. The van der Waals surface area contributed by atoms with Crippen LogP contribution < -0.4 is 14.8 Å². The van der Waals surface area contributed by atoms with E-state index >= 15 is 0 Å². The third-order valence-corrected chi connectivity index (χ3v) is 6.50. The first-order valence-electron chi connectivity index (χ1n) is 12.5. The van der Waals surface area contributed by atoms with Crippen molar-refractivity contribution in [2.24, 2.45) is 0 Å². The van der Waals surface area contributed by atoms with Crippen molar-refractivity contribution in [3.8, 4) is 11.5 Å². The second kappa shape index (κ2) is 14.2. The lowest BCUT2D eigenvalue weighted by atomic mass is 10.0. The summed E-state index contributed by atoms with van der Waals surface area (Å²) in [5.74, 6) is -0.464. The molecule has 0 bridgehead atoms. The summed E-state index contributed by atoms with van der Waals surface area (Å²) in [4.78, 5) is 39.3. The Morgan fingerprint density at radius 2 is 1.74 bits per heavy atom. The molecule has 2 atom stereocenters. The van der Waals surface area contributed by atoms with Gasteiger partial charge in [0, 0.05) is 36.2 Å². The number of ether oxygens (including phenoxy) is 2. The Kier molecular flexibility index (Phi) is 10.7. The number of hydrogen-bond donors (Lipinski definition) is 1. The molecule has 9 nitrogen and oxygen atoms in total. The van der Waals surface area contributed by atoms with E-state index in [4.69, 9.17) is 21.1 Å². The molecule has 0 aromatic heterocycles. The average Bonchev–Trinajstić information content (AvgIpc) is 2.94. The predicted octanol–water partition coefficient (Wildman–Crippen LogP) is 5.19. The van der Waals surface area contributed by atoms with Gasteiger partial charge in [-0.3, -0.25) is 19.7 Å². The average molecular weight is 554 g/mol. The van der Waals surface area contributed by atoms with Gasteiger partial charge in [-0.1, -0.05) is 61.0 Å².